The molecular formula is C18H13BrN4O2S. The van der Waals surface area contributed by atoms with Crippen LogP contribution in [-0.2, 0) is 12.8 Å². The minimum atomic E-state index is -0.0709. The average Bonchev–Trinajstić information content (AvgIpc) is 3.13. The van der Waals surface area contributed by atoms with Crippen molar-refractivity contribution < 1.29 is 4.42 Å². The third kappa shape index (κ3) is 3.30. The number of benzene rings is 2. The highest BCUT2D eigenvalue weighted by Crippen LogP contribution is 2.25. The molecule has 4 aromatic rings. The fraction of sp³-hybridized carbons (Fsp3) is 0.111. The van der Waals surface area contributed by atoms with Gasteiger partial charge >= 0.3 is 0 Å². The minimum Gasteiger partial charge on any atom is -0.420 e. The topological polar surface area (TPSA) is 73.8 Å². The predicted molar refractivity (Wildman–Crippen MR) is 104 cm³/mol. The van der Waals surface area contributed by atoms with Gasteiger partial charge in [-0.25, -0.2) is 4.98 Å². The Hall–Kier alpha value is -2.45. The van der Waals surface area contributed by atoms with E-state index in [2.05, 4.69) is 31.1 Å². The highest BCUT2D eigenvalue weighted by atomic mass is 79.9. The van der Waals surface area contributed by atoms with E-state index in [0.717, 1.165) is 10.0 Å². The molecule has 2 heterocycles. The normalized spacial score (nSPS) is 11.2. The first-order chi connectivity index (χ1) is 12.6. The number of nitrogens with zero attached hydrogens (tertiary/aromatic N) is 4. The van der Waals surface area contributed by atoms with Crippen molar-refractivity contribution in [1.82, 2.24) is 19.7 Å². The Labute approximate surface area is 161 Å². The molecule has 130 valence electrons. The van der Waals surface area contributed by atoms with Crippen molar-refractivity contribution in [2.75, 3.05) is 0 Å². The molecule has 2 aromatic heterocycles. The fourth-order valence-electron chi connectivity index (χ4n) is 2.50. The Balaban J connectivity index is 1.58. The van der Waals surface area contributed by atoms with Crippen molar-refractivity contribution in [3.8, 4) is 11.5 Å². The summed E-state index contributed by atoms with van der Waals surface area (Å²) >= 11 is 4.81. The van der Waals surface area contributed by atoms with Crippen molar-refractivity contribution in [3.05, 3.63) is 69.2 Å². The number of aromatic nitrogens is 4. The van der Waals surface area contributed by atoms with Crippen LogP contribution in [0.4, 0.5) is 0 Å². The molecule has 0 spiro atoms. The number of hydrogen-bond acceptors (Lipinski definition) is 6. The van der Waals surface area contributed by atoms with Gasteiger partial charge in [0.1, 0.15) is 0 Å². The summed E-state index contributed by atoms with van der Waals surface area (Å²) in [6, 6.07) is 15.0. The van der Waals surface area contributed by atoms with Gasteiger partial charge in [0.05, 0.1) is 16.7 Å². The smallest absolute Gasteiger partial charge is 0.261 e. The molecule has 0 radical (unpaired) electrons. The molecule has 0 aliphatic rings. The molecule has 8 heteroatoms. The predicted octanol–water partition coefficient (Wildman–Crippen LogP) is 4.04. The molecule has 0 saturated carbocycles. The summed E-state index contributed by atoms with van der Waals surface area (Å²) in [6.45, 7) is 0. The van der Waals surface area contributed by atoms with E-state index in [4.69, 9.17) is 4.42 Å². The van der Waals surface area contributed by atoms with Gasteiger partial charge in [0, 0.05) is 17.1 Å². The standard InChI is InChI=1S/C18H13BrN4O2S/c1-23-17(24)13-7-2-3-8-14(13)20-18(23)26-10-15-21-22-16(25-15)11-5-4-6-12(19)9-11/h2-9H,10H2,1H3. The zero-order valence-electron chi connectivity index (χ0n) is 13.7. The van der Waals surface area contributed by atoms with Gasteiger partial charge in [-0.1, -0.05) is 45.9 Å². The lowest BCUT2D eigenvalue weighted by atomic mass is 10.2. The van der Waals surface area contributed by atoms with Crippen molar-refractivity contribution in [2.45, 2.75) is 10.9 Å². The number of rotatable bonds is 4. The molecule has 26 heavy (non-hydrogen) atoms. The van der Waals surface area contributed by atoms with Gasteiger partial charge in [-0.15, -0.1) is 10.2 Å². The number of para-hydroxylation sites is 1. The molecule has 0 aliphatic carbocycles. The zero-order valence-corrected chi connectivity index (χ0v) is 16.1. The van der Waals surface area contributed by atoms with Gasteiger partial charge in [-0.2, -0.15) is 0 Å². The fourth-order valence-corrected chi connectivity index (χ4v) is 3.71. The molecule has 0 aliphatic heterocycles. The Kier molecular flexibility index (Phi) is 4.60. The first kappa shape index (κ1) is 17.0. The molecule has 4 rings (SSSR count). The van der Waals surface area contributed by atoms with Crippen molar-refractivity contribution >= 4 is 38.6 Å². The van der Waals surface area contributed by atoms with Gasteiger partial charge in [-0.05, 0) is 30.3 Å². The molecular weight excluding hydrogens is 416 g/mol. The van der Waals surface area contributed by atoms with Crippen LogP contribution < -0.4 is 5.56 Å². The minimum absolute atomic E-state index is 0.0709. The van der Waals surface area contributed by atoms with E-state index in [1.54, 1.807) is 17.7 Å². The van der Waals surface area contributed by atoms with Crippen molar-refractivity contribution in [3.63, 3.8) is 0 Å². The second-order valence-electron chi connectivity index (χ2n) is 5.58. The van der Waals surface area contributed by atoms with E-state index in [1.165, 1.54) is 11.8 Å². The van der Waals surface area contributed by atoms with E-state index in [1.807, 2.05) is 42.5 Å². The van der Waals surface area contributed by atoms with Crippen molar-refractivity contribution in [2.24, 2.45) is 7.05 Å². The average molecular weight is 429 g/mol. The summed E-state index contributed by atoms with van der Waals surface area (Å²) in [5, 5.41) is 9.39. The van der Waals surface area contributed by atoms with Gasteiger partial charge in [0.15, 0.2) is 5.16 Å². The van der Waals surface area contributed by atoms with E-state index < -0.39 is 0 Å². The van der Waals surface area contributed by atoms with Crippen LogP contribution in [-0.4, -0.2) is 19.7 Å². The Bertz CT molecular complexity index is 1160. The molecule has 0 saturated heterocycles. The molecule has 0 fully saturated rings. The number of halogens is 1. The van der Waals surface area contributed by atoms with Crippen molar-refractivity contribution in [1.29, 1.82) is 0 Å². The molecule has 0 unspecified atom stereocenters. The molecule has 0 N–H and O–H groups in total. The summed E-state index contributed by atoms with van der Waals surface area (Å²) in [5.74, 6) is 1.37. The van der Waals surface area contributed by atoms with E-state index in [0.29, 0.717) is 33.6 Å². The summed E-state index contributed by atoms with van der Waals surface area (Å²) < 4.78 is 8.21. The van der Waals surface area contributed by atoms with Gasteiger partial charge in [0.2, 0.25) is 11.8 Å². The second kappa shape index (κ2) is 7.05. The summed E-state index contributed by atoms with van der Waals surface area (Å²) in [4.78, 5) is 17.0. The largest absolute Gasteiger partial charge is 0.420 e. The van der Waals surface area contributed by atoms with Crippen LogP contribution in [0.1, 0.15) is 5.89 Å². The first-order valence-corrected chi connectivity index (χ1v) is 9.56. The second-order valence-corrected chi connectivity index (χ2v) is 7.43. The van der Waals surface area contributed by atoms with Crippen LogP contribution in [0.2, 0.25) is 0 Å². The molecule has 2 aromatic carbocycles. The van der Waals surface area contributed by atoms with E-state index in [-0.39, 0.29) is 5.56 Å². The quantitative estimate of drug-likeness (QED) is 0.360. The molecule has 0 atom stereocenters. The number of thioether (sulfide) groups is 1. The van der Waals surface area contributed by atoms with Crippen LogP contribution in [0, 0.1) is 0 Å². The van der Waals surface area contributed by atoms with E-state index in [9.17, 15) is 4.79 Å². The van der Waals surface area contributed by atoms with Crippen LogP contribution in [0.3, 0.4) is 0 Å². The SMILES string of the molecule is Cn1c(SCc2nnc(-c3cccc(Br)c3)o2)nc2ccccc2c1=O. The van der Waals surface area contributed by atoms with Crippen LogP contribution in [0.25, 0.3) is 22.4 Å². The maximum absolute atomic E-state index is 12.4. The highest BCUT2D eigenvalue weighted by Gasteiger charge is 2.12. The van der Waals surface area contributed by atoms with Gasteiger partial charge < -0.3 is 4.42 Å². The summed E-state index contributed by atoms with van der Waals surface area (Å²) in [7, 11) is 1.71. The summed E-state index contributed by atoms with van der Waals surface area (Å²) in [5.41, 5.74) is 1.45. The third-order valence-corrected chi connectivity index (χ3v) is 5.31. The maximum Gasteiger partial charge on any atom is 0.261 e. The Morgan fingerprint density at radius 3 is 2.85 bits per heavy atom. The highest BCUT2D eigenvalue weighted by molar-refractivity contribution is 9.10. The molecule has 0 amide bonds. The maximum atomic E-state index is 12.4. The Morgan fingerprint density at radius 2 is 2.00 bits per heavy atom. The summed E-state index contributed by atoms with van der Waals surface area (Å²) in [6.07, 6.45) is 0. The lowest BCUT2D eigenvalue weighted by Crippen LogP contribution is -2.19. The van der Waals surface area contributed by atoms with Crippen LogP contribution in [0.5, 0.6) is 0 Å². The van der Waals surface area contributed by atoms with Crippen LogP contribution >= 0.6 is 27.7 Å². The zero-order chi connectivity index (χ0) is 18.1. The number of fused-ring (bicyclic) bond motifs is 1. The molecule has 6 nitrogen and oxygen atoms in total. The van der Waals surface area contributed by atoms with Crippen LogP contribution in [0.15, 0.2) is 67.4 Å². The van der Waals surface area contributed by atoms with E-state index >= 15 is 0 Å². The monoisotopic (exact) mass is 428 g/mol. The Morgan fingerprint density at radius 1 is 1.15 bits per heavy atom. The number of hydrogen-bond donors (Lipinski definition) is 0. The third-order valence-electron chi connectivity index (χ3n) is 3.81. The van der Waals surface area contributed by atoms with Gasteiger partial charge in [0.25, 0.3) is 5.56 Å². The molecule has 0 bridgehead atoms. The van der Waals surface area contributed by atoms with Gasteiger partial charge in [-0.3, -0.25) is 9.36 Å². The first-order valence-electron chi connectivity index (χ1n) is 7.79. The lowest BCUT2D eigenvalue weighted by Gasteiger charge is -2.07. The lowest BCUT2D eigenvalue weighted by molar-refractivity contribution is 0.528.